The van der Waals surface area contributed by atoms with E-state index in [4.69, 9.17) is 4.98 Å². The molecular formula is C44H34N2. The number of aromatic nitrogens is 2. The molecule has 0 unspecified atom stereocenters. The van der Waals surface area contributed by atoms with Crippen LogP contribution in [0.2, 0.25) is 0 Å². The van der Waals surface area contributed by atoms with Crippen LogP contribution in [-0.4, -0.2) is 9.97 Å². The van der Waals surface area contributed by atoms with Crippen LogP contribution in [0.3, 0.4) is 0 Å². The first-order chi connectivity index (χ1) is 22.3. The van der Waals surface area contributed by atoms with Crippen LogP contribution < -0.4 is 0 Å². The third-order valence-corrected chi connectivity index (χ3v) is 10.5. The van der Waals surface area contributed by atoms with Gasteiger partial charge in [0.2, 0.25) is 0 Å². The fraction of sp³-hybridized carbons (Fsp3) is 0.136. The normalized spacial score (nSPS) is 15.7. The Morgan fingerprint density at radius 3 is 1.70 bits per heavy atom. The Morgan fingerprint density at radius 1 is 0.435 bits per heavy atom. The van der Waals surface area contributed by atoms with Crippen LogP contribution in [0.4, 0.5) is 0 Å². The summed E-state index contributed by atoms with van der Waals surface area (Å²) in [5.74, 6) is 0. The number of allylic oxidation sites excluding steroid dienone is 2. The Labute approximate surface area is 270 Å². The molecule has 2 heterocycles. The number of fused-ring (bicyclic) bond motifs is 7. The van der Waals surface area contributed by atoms with Gasteiger partial charge in [-0.1, -0.05) is 107 Å². The molecule has 2 aliphatic carbocycles. The van der Waals surface area contributed by atoms with Crippen molar-refractivity contribution in [2.75, 3.05) is 0 Å². The van der Waals surface area contributed by atoms with Crippen molar-refractivity contribution >= 4 is 32.7 Å². The molecule has 0 fully saturated rings. The van der Waals surface area contributed by atoms with Crippen LogP contribution in [0.25, 0.3) is 66.3 Å². The molecule has 0 bridgehead atoms. The summed E-state index contributed by atoms with van der Waals surface area (Å²) in [6, 6.07) is 44.5. The van der Waals surface area contributed by atoms with Crippen molar-refractivity contribution in [1.82, 2.24) is 9.97 Å². The van der Waals surface area contributed by atoms with Crippen molar-refractivity contribution in [3.05, 3.63) is 156 Å². The lowest BCUT2D eigenvalue weighted by Crippen LogP contribution is -2.19. The lowest BCUT2D eigenvalue weighted by molar-refractivity contribution is 0.694. The van der Waals surface area contributed by atoms with Gasteiger partial charge in [-0.2, -0.15) is 0 Å². The van der Waals surface area contributed by atoms with E-state index in [1.54, 1.807) is 0 Å². The number of hydrogen-bond donors (Lipinski definition) is 0. The summed E-state index contributed by atoms with van der Waals surface area (Å²) < 4.78 is 0. The number of rotatable bonds is 3. The highest BCUT2D eigenvalue weighted by atomic mass is 14.7. The first-order valence-electron chi connectivity index (χ1n) is 16.2. The third-order valence-electron chi connectivity index (χ3n) is 10.5. The van der Waals surface area contributed by atoms with Gasteiger partial charge in [0.25, 0.3) is 0 Å². The molecule has 2 aromatic heterocycles. The molecule has 2 aliphatic rings. The molecule has 0 saturated carbocycles. The quantitative estimate of drug-likeness (QED) is 0.191. The van der Waals surface area contributed by atoms with E-state index in [9.17, 15) is 0 Å². The molecule has 0 radical (unpaired) electrons. The smallest absolute Gasteiger partial charge is 0.0710 e. The van der Waals surface area contributed by atoms with Gasteiger partial charge in [-0.3, -0.25) is 4.98 Å². The average molecular weight is 591 g/mol. The summed E-state index contributed by atoms with van der Waals surface area (Å²) in [6.07, 6.45) is 3.64. The summed E-state index contributed by atoms with van der Waals surface area (Å²) >= 11 is 0. The Morgan fingerprint density at radius 2 is 1.00 bits per heavy atom. The highest BCUT2D eigenvalue weighted by molar-refractivity contribution is 6.14. The van der Waals surface area contributed by atoms with E-state index in [1.807, 2.05) is 24.5 Å². The van der Waals surface area contributed by atoms with E-state index in [2.05, 4.69) is 142 Å². The maximum atomic E-state index is 5.06. The van der Waals surface area contributed by atoms with Gasteiger partial charge in [0.1, 0.15) is 0 Å². The Hall–Kier alpha value is -5.34. The first-order valence-corrected chi connectivity index (χ1v) is 16.2. The Balaban J connectivity index is 1.15. The van der Waals surface area contributed by atoms with Crippen molar-refractivity contribution in [3.8, 4) is 33.6 Å². The van der Waals surface area contributed by atoms with E-state index in [1.165, 1.54) is 66.1 Å². The third kappa shape index (κ3) is 3.77. The molecule has 0 atom stereocenters. The van der Waals surface area contributed by atoms with Crippen LogP contribution in [0.1, 0.15) is 49.9 Å². The molecule has 220 valence electrons. The Bertz CT molecular complexity index is 2410. The minimum Gasteiger partial charge on any atom is -0.265 e. The van der Waals surface area contributed by atoms with Gasteiger partial charge in [0, 0.05) is 34.4 Å². The summed E-state index contributed by atoms with van der Waals surface area (Å²) in [4.78, 5) is 9.23. The molecule has 7 aromatic rings. The van der Waals surface area contributed by atoms with Crippen LogP contribution in [0.15, 0.2) is 134 Å². The lowest BCUT2D eigenvalue weighted by atomic mass is 9.74. The summed E-state index contributed by atoms with van der Waals surface area (Å²) in [7, 11) is 0. The predicted molar refractivity (Wildman–Crippen MR) is 193 cm³/mol. The lowest BCUT2D eigenvalue weighted by Gasteiger charge is -2.29. The number of hydrogen-bond acceptors (Lipinski definition) is 2. The molecule has 0 N–H and O–H groups in total. The van der Waals surface area contributed by atoms with Crippen LogP contribution >= 0.6 is 0 Å². The predicted octanol–water partition coefficient (Wildman–Crippen LogP) is 11.3. The first kappa shape index (κ1) is 27.0. The molecule has 2 nitrogen and oxygen atoms in total. The zero-order valence-electron chi connectivity index (χ0n) is 26.6. The zero-order chi connectivity index (χ0) is 31.2. The molecular weight excluding hydrogens is 556 g/mol. The Kier molecular flexibility index (Phi) is 5.63. The van der Waals surface area contributed by atoms with E-state index in [-0.39, 0.29) is 10.8 Å². The van der Waals surface area contributed by atoms with E-state index < -0.39 is 0 Å². The highest BCUT2D eigenvalue weighted by Gasteiger charge is 2.49. The minimum absolute atomic E-state index is 0.128. The average Bonchev–Trinajstić information content (AvgIpc) is 3.49. The largest absolute Gasteiger partial charge is 0.265 e. The number of pyridine rings is 2. The number of nitrogens with zero attached hydrogens (tertiary/aromatic N) is 2. The minimum atomic E-state index is -0.136. The van der Waals surface area contributed by atoms with Crippen molar-refractivity contribution in [2.24, 2.45) is 0 Å². The second-order valence-corrected chi connectivity index (χ2v) is 13.9. The molecule has 0 aliphatic heterocycles. The molecule has 46 heavy (non-hydrogen) atoms. The van der Waals surface area contributed by atoms with E-state index in [0.717, 1.165) is 22.5 Å². The van der Waals surface area contributed by atoms with Gasteiger partial charge < -0.3 is 0 Å². The molecule has 2 heteroatoms. The van der Waals surface area contributed by atoms with Crippen LogP contribution in [0, 0.1) is 0 Å². The maximum Gasteiger partial charge on any atom is 0.0710 e. The van der Waals surface area contributed by atoms with Crippen molar-refractivity contribution in [3.63, 3.8) is 0 Å². The van der Waals surface area contributed by atoms with Gasteiger partial charge in [-0.05, 0) is 109 Å². The second kappa shape index (κ2) is 9.58. The molecule has 9 rings (SSSR count). The summed E-state index contributed by atoms with van der Waals surface area (Å²) in [6.45, 7) is 9.62. The fourth-order valence-electron chi connectivity index (χ4n) is 8.29. The molecule has 0 spiro atoms. The van der Waals surface area contributed by atoms with Crippen molar-refractivity contribution in [1.29, 1.82) is 0 Å². The standard InChI is InChI=1S/C44H34N2/c1-43(2)37-25-29(36-24-28-10-5-6-11-31(28)32-12-7-8-13-33(32)36)16-18-34(37)41-42(43)35-19-17-30(26-38(35)44(41,3)4)40-15-9-14-39(46-40)27-20-22-45-23-21-27/h5-26H,1-4H3. The fourth-order valence-corrected chi connectivity index (χ4v) is 8.29. The van der Waals surface area contributed by atoms with Gasteiger partial charge in [0.05, 0.1) is 11.4 Å². The summed E-state index contributed by atoms with van der Waals surface area (Å²) in [5.41, 5.74) is 15.0. The van der Waals surface area contributed by atoms with Gasteiger partial charge in [0.15, 0.2) is 0 Å². The van der Waals surface area contributed by atoms with Gasteiger partial charge >= 0.3 is 0 Å². The van der Waals surface area contributed by atoms with Crippen LogP contribution in [0.5, 0.6) is 0 Å². The highest BCUT2D eigenvalue weighted by Crippen LogP contribution is 2.63. The maximum absolute atomic E-state index is 5.06. The molecule has 0 amide bonds. The summed E-state index contributed by atoms with van der Waals surface area (Å²) in [5, 5.41) is 5.20. The van der Waals surface area contributed by atoms with Crippen molar-refractivity contribution < 1.29 is 0 Å². The van der Waals surface area contributed by atoms with Crippen LogP contribution in [-0.2, 0) is 10.8 Å². The molecule has 5 aromatic carbocycles. The topological polar surface area (TPSA) is 25.8 Å². The molecule has 0 saturated heterocycles. The van der Waals surface area contributed by atoms with E-state index in [0.29, 0.717) is 0 Å². The number of benzene rings is 5. The van der Waals surface area contributed by atoms with E-state index >= 15 is 0 Å². The van der Waals surface area contributed by atoms with Gasteiger partial charge in [-0.15, -0.1) is 0 Å². The van der Waals surface area contributed by atoms with Crippen molar-refractivity contribution in [2.45, 2.75) is 38.5 Å². The second-order valence-electron chi connectivity index (χ2n) is 13.9. The monoisotopic (exact) mass is 590 g/mol. The zero-order valence-corrected chi connectivity index (χ0v) is 26.6. The SMILES string of the molecule is CC1(C)C2=C(c3ccc(-c4cccc(-c5ccncc5)n4)cc31)C(C)(C)c1cc(-c3cc4ccccc4c4ccccc34)ccc12. The van der Waals surface area contributed by atoms with Gasteiger partial charge in [-0.25, -0.2) is 4.98 Å².